The average Bonchev–Trinajstić information content (AvgIpc) is 3.04. The topological polar surface area (TPSA) is 71.5 Å². The van der Waals surface area contributed by atoms with Gasteiger partial charge < -0.3 is 15.2 Å². The molecule has 1 atom stereocenters. The van der Waals surface area contributed by atoms with Gasteiger partial charge in [-0.3, -0.25) is 4.98 Å². The first-order chi connectivity index (χ1) is 13.5. The summed E-state index contributed by atoms with van der Waals surface area (Å²) in [7, 11) is 0. The minimum atomic E-state index is -0.955. The van der Waals surface area contributed by atoms with Gasteiger partial charge in [0.1, 0.15) is 5.75 Å². The van der Waals surface area contributed by atoms with Crippen LogP contribution in [0.4, 0.5) is 5.69 Å². The number of carboxylic acid groups (broad SMARTS) is 1. The lowest BCUT2D eigenvalue weighted by molar-refractivity contribution is 0.0697. The molecule has 1 aliphatic rings. The number of aryl methyl sites for hydroxylation is 2. The number of nitrogens with zero attached hydrogens (tertiary/aromatic N) is 1. The van der Waals surface area contributed by atoms with E-state index in [2.05, 4.69) is 48.4 Å². The fraction of sp³-hybridized carbons (Fsp3) is 0.273. The number of fused-ring (bicyclic) bond motifs is 1. The van der Waals surface area contributed by atoms with E-state index >= 15 is 0 Å². The van der Waals surface area contributed by atoms with Crippen molar-refractivity contribution in [1.29, 1.82) is 0 Å². The van der Waals surface area contributed by atoms with E-state index in [-0.39, 0.29) is 11.5 Å². The van der Waals surface area contributed by atoms with Gasteiger partial charge in [0.2, 0.25) is 0 Å². The molecule has 6 heteroatoms. The van der Waals surface area contributed by atoms with Gasteiger partial charge in [0, 0.05) is 28.4 Å². The molecule has 0 fully saturated rings. The summed E-state index contributed by atoms with van der Waals surface area (Å²) in [5.41, 5.74) is 4.41. The average molecular weight is 394 g/mol. The van der Waals surface area contributed by atoms with Crippen molar-refractivity contribution >= 4 is 23.0 Å². The maximum absolute atomic E-state index is 11.4. The van der Waals surface area contributed by atoms with E-state index in [1.165, 1.54) is 33.1 Å². The van der Waals surface area contributed by atoms with Crippen molar-refractivity contribution in [3.05, 3.63) is 64.3 Å². The molecule has 28 heavy (non-hydrogen) atoms. The predicted octanol–water partition coefficient (Wildman–Crippen LogP) is 5.10. The monoisotopic (exact) mass is 394 g/mol. The highest BCUT2D eigenvalue weighted by molar-refractivity contribution is 7.15. The zero-order valence-electron chi connectivity index (χ0n) is 15.9. The quantitative estimate of drug-likeness (QED) is 0.630. The molecule has 144 valence electrons. The summed E-state index contributed by atoms with van der Waals surface area (Å²) in [4.78, 5) is 18.0. The van der Waals surface area contributed by atoms with Crippen molar-refractivity contribution in [3.63, 3.8) is 0 Å². The number of nitrogens with one attached hydrogen (secondary N) is 1. The van der Waals surface area contributed by atoms with E-state index < -0.39 is 5.97 Å². The fourth-order valence-corrected chi connectivity index (χ4v) is 4.72. The molecule has 0 aliphatic carbocycles. The molecule has 0 spiro atoms. The third-order valence-corrected chi connectivity index (χ3v) is 6.27. The summed E-state index contributed by atoms with van der Waals surface area (Å²) < 4.78 is 5.95. The molecular formula is C22H22N2O3S. The van der Waals surface area contributed by atoms with E-state index in [1.807, 2.05) is 0 Å². The third kappa shape index (κ3) is 3.60. The number of hydrogen-bond donors (Lipinski definition) is 2. The van der Waals surface area contributed by atoms with Gasteiger partial charge in [-0.25, -0.2) is 4.79 Å². The Morgan fingerprint density at radius 2 is 2.18 bits per heavy atom. The zero-order valence-corrected chi connectivity index (χ0v) is 16.7. The molecule has 0 unspecified atom stereocenters. The number of pyridine rings is 1. The standard InChI is InChI=1S/C22H22N2O3S/c1-13-9-14(2)28-21(13)15-3-4-17-16(6-8-27-20(17)10-15)11-24-19-12-23-7-5-18(19)22(25)26/h3-5,7,9-10,12,16,24H,6,8,11H2,1-2H3,(H,25,26)/t16-/m1/s1. The van der Waals surface area contributed by atoms with Gasteiger partial charge in [-0.15, -0.1) is 11.3 Å². The second-order valence-electron chi connectivity index (χ2n) is 7.06. The lowest BCUT2D eigenvalue weighted by atomic mass is 9.91. The van der Waals surface area contributed by atoms with E-state index in [0.717, 1.165) is 17.7 Å². The van der Waals surface area contributed by atoms with Gasteiger partial charge in [0.15, 0.2) is 0 Å². The minimum Gasteiger partial charge on any atom is -0.493 e. The van der Waals surface area contributed by atoms with Crippen LogP contribution in [0.2, 0.25) is 0 Å². The second kappa shape index (κ2) is 7.64. The molecule has 2 aromatic heterocycles. The lowest BCUT2D eigenvalue weighted by Crippen LogP contribution is -2.21. The van der Waals surface area contributed by atoms with Crippen molar-refractivity contribution in [2.75, 3.05) is 18.5 Å². The molecule has 0 amide bonds. The smallest absolute Gasteiger partial charge is 0.337 e. The van der Waals surface area contributed by atoms with Crippen molar-refractivity contribution in [3.8, 4) is 16.2 Å². The van der Waals surface area contributed by atoms with Crippen LogP contribution in [0.25, 0.3) is 10.4 Å². The molecule has 0 saturated heterocycles. The van der Waals surface area contributed by atoms with Crippen LogP contribution in [-0.2, 0) is 0 Å². The summed E-state index contributed by atoms with van der Waals surface area (Å²) >= 11 is 1.80. The Balaban J connectivity index is 1.56. The highest BCUT2D eigenvalue weighted by Crippen LogP contribution is 2.39. The van der Waals surface area contributed by atoms with Crippen LogP contribution in [-0.4, -0.2) is 29.2 Å². The van der Waals surface area contributed by atoms with Gasteiger partial charge in [0.25, 0.3) is 0 Å². The van der Waals surface area contributed by atoms with Gasteiger partial charge in [-0.2, -0.15) is 0 Å². The number of hydrogen-bond acceptors (Lipinski definition) is 5. The van der Waals surface area contributed by atoms with Crippen LogP contribution in [0.15, 0.2) is 42.7 Å². The Morgan fingerprint density at radius 1 is 1.32 bits per heavy atom. The Morgan fingerprint density at radius 3 is 2.93 bits per heavy atom. The number of aromatic carboxylic acids is 1. The molecule has 3 heterocycles. The summed E-state index contributed by atoms with van der Waals surface area (Å²) in [6.07, 6.45) is 3.95. The number of rotatable bonds is 5. The lowest BCUT2D eigenvalue weighted by Gasteiger charge is -2.27. The Bertz CT molecular complexity index is 1030. The Hall–Kier alpha value is -2.86. The first-order valence-electron chi connectivity index (χ1n) is 9.28. The number of benzene rings is 1. The third-order valence-electron chi connectivity index (χ3n) is 5.07. The fourth-order valence-electron chi connectivity index (χ4n) is 3.70. The molecule has 5 nitrogen and oxygen atoms in total. The Labute approximate surface area is 168 Å². The summed E-state index contributed by atoms with van der Waals surface area (Å²) in [6.45, 7) is 5.56. The normalized spacial score (nSPS) is 15.6. The number of anilines is 1. The van der Waals surface area contributed by atoms with E-state index in [4.69, 9.17) is 4.74 Å². The molecule has 1 aromatic carbocycles. The number of ether oxygens (including phenoxy) is 1. The maximum Gasteiger partial charge on any atom is 0.337 e. The largest absolute Gasteiger partial charge is 0.493 e. The van der Waals surface area contributed by atoms with Gasteiger partial charge in [-0.1, -0.05) is 12.1 Å². The van der Waals surface area contributed by atoms with Gasteiger partial charge in [0.05, 0.1) is 24.1 Å². The number of carboxylic acids is 1. The number of thiophene rings is 1. The van der Waals surface area contributed by atoms with Crippen LogP contribution in [0.1, 0.15) is 38.7 Å². The van der Waals surface area contributed by atoms with Crippen molar-refractivity contribution in [1.82, 2.24) is 4.98 Å². The van der Waals surface area contributed by atoms with E-state index in [9.17, 15) is 9.90 Å². The second-order valence-corrected chi connectivity index (χ2v) is 8.32. The van der Waals surface area contributed by atoms with Crippen molar-refractivity contribution in [2.45, 2.75) is 26.2 Å². The molecule has 2 N–H and O–H groups in total. The predicted molar refractivity (Wildman–Crippen MR) is 112 cm³/mol. The van der Waals surface area contributed by atoms with Crippen molar-refractivity contribution in [2.24, 2.45) is 0 Å². The minimum absolute atomic E-state index is 0.237. The van der Waals surface area contributed by atoms with Crippen molar-refractivity contribution < 1.29 is 14.6 Å². The Kier molecular flexibility index (Phi) is 5.05. The molecule has 0 bridgehead atoms. The molecule has 0 radical (unpaired) electrons. The summed E-state index contributed by atoms with van der Waals surface area (Å²) in [5, 5.41) is 12.6. The summed E-state index contributed by atoms with van der Waals surface area (Å²) in [5.74, 6) is 0.222. The highest BCUT2D eigenvalue weighted by Gasteiger charge is 2.23. The number of aromatic nitrogens is 1. The molecule has 0 saturated carbocycles. The van der Waals surface area contributed by atoms with Crippen LogP contribution in [0.5, 0.6) is 5.75 Å². The van der Waals surface area contributed by atoms with Crippen LogP contribution < -0.4 is 10.1 Å². The van der Waals surface area contributed by atoms with Gasteiger partial charge >= 0.3 is 5.97 Å². The zero-order chi connectivity index (χ0) is 19.7. The first-order valence-corrected chi connectivity index (χ1v) is 10.1. The van der Waals surface area contributed by atoms with E-state index in [1.54, 1.807) is 17.5 Å². The van der Waals surface area contributed by atoms with Crippen LogP contribution in [0, 0.1) is 13.8 Å². The van der Waals surface area contributed by atoms with Gasteiger partial charge in [-0.05, 0) is 55.2 Å². The molecule has 3 aromatic rings. The van der Waals surface area contributed by atoms with Crippen LogP contribution in [0.3, 0.4) is 0 Å². The maximum atomic E-state index is 11.4. The highest BCUT2D eigenvalue weighted by atomic mass is 32.1. The SMILES string of the molecule is Cc1cc(C)c(-c2ccc3c(c2)OCC[C@@H]3CNc2cnccc2C(=O)O)s1. The first kappa shape index (κ1) is 18.5. The summed E-state index contributed by atoms with van der Waals surface area (Å²) in [6, 6.07) is 10.2. The molecular weight excluding hydrogens is 372 g/mol. The van der Waals surface area contributed by atoms with Crippen LogP contribution >= 0.6 is 11.3 Å². The molecule has 4 rings (SSSR count). The van der Waals surface area contributed by atoms with E-state index in [0.29, 0.717) is 18.8 Å². The number of carbonyl (C=O) groups is 1. The molecule has 1 aliphatic heterocycles.